The van der Waals surface area contributed by atoms with Gasteiger partial charge in [-0.15, -0.1) is 17.9 Å². The summed E-state index contributed by atoms with van der Waals surface area (Å²) in [6, 6.07) is -0.444. The Morgan fingerprint density at radius 1 is 1.65 bits per heavy atom. The van der Waals surface area contributed by atoms with Gasteiger partial charge in [0.2, 0.25) is 0 Å². The van der Waals surface area contributed by atoms with Crippen LogP contribution in [0.15, 0.2) is 23.5 Å². The molecule has 1 aromatic rings. The van der Waals surface area contributed by atoms with Crippen molar-refractivity contribution in [1.29, 1.82) is 0 Å². The molecule has 92 valence electrons. The molecule has 0 bridgehead atoms. The fourth-order valence-electron chi connectivity index (χ4n) is 1.14. The van der Waals surface area contributed by atoms with Crippen LogP contribution in [0, 0.1) is 0 Å². The van der Waals surface area contributed by atoms with Crippen molar-refractivity contribution in [2.75, 3.05) is 13.1 Å². The van der Waals surface area contributed by atoms with Crippen molar-refractivity contribution in [2.24, 2.45) is 0 Å². The lowest BCUT2D eigenvalue weighted by atomic mass is 10.4. The van der Waals surface area contributed by atoms with Crippen LogP contribution in [0.2, 0.25) is 0 Å². The number of thiazole rings is 1. The summed E-state index contributed by atoms with van der Waals surface area (Å²) in [5.74, 6) is -1.06. The number of carbonyl (C=O) groups is 2. The number of hydrogen-bond donors (Lipinski definition) is 2. The highest BCUT2D eigenvalue weighted by Gasteiger charge is 2.14. The minimum atomic E-state index is -1.06. The summed E-state index contributed by atoms with van der Waals surface area (Å²) in [6.45, 7) is 3.60. The maximum absolute atomic E-state index is 11.6. The first-order chi connectivity index (χ1) is 8.13. The third-order valence-electron chi connectivity index (χ3n) is 1.87. The van der Waals surface area contributed by atoms with Gasteiger partial charge in [-0.25, -0.2) is 9.78 Å². The van der Waals surface area contributed by atoms with Gasteiger partial charge in [-0.2, -0.15) is 0 Å². The minimum Gasteiger partial charge on any atom is -0.480 e. The van der Waals surface area contributed by atoms with Crippen LogP contribution in [-0.2, 0) is 11.3 Å². The second-order valence-corrected chi connectivity index (χ2v) is 3.92. The van der Waals surface area contributed by atoms with Gasteiger partial charge in [-0.1, -0.05) is 6.08 Å². The fourth-order valence-corrected chi connectivity index (χ4v) is 1.70. The zero-order chi connectivity index (χ0) is 12.7. The molecule has 0 aromatic carbocycles. The molecule has 6 nitrogen and oxygen atoms in total. The summed E-state index contributed by atoms with van der Waals surface area (Å²) in [5, 5.41) is 13.1. The Morgan fingerprint density at radius 2 is 2.41 bits per heavy atom. The van der Waals surface area contributed by atoms with Crippen molar-refractivity contribution in [3.8, 4) is 0 Å². The highest BCUT2D eigenvalue weighted by molar-refractivity contribution is 7.07. The van der Waals surface area contributed by atoms with Gasteiger partial charge in [0.1, 0.15) is 6.54 Å². The van der Waals surface area contributed by atoms with Crippen LogP contribution in [0.1, 0.15) is 5.69 Å². The molecule has 0 aliphatic carbocycles. The fraction of sp³-hybridized carbons (Fsp3) is 0.300. The molecule has 0 unspecified atom stereocenters. The molecule has 0 radical (unpaired) electrons. The van der Waals surface area contributed by atoms with Crippen LogP contribution in [0.25, 0.3) is 0 Å². The topological polar surface area (TPSA) is 82.5 Å². The van der Waals surface area contributed by atoms with Crippen LogP contribution in [0.5, 0.6) is 0 Å². The van der Waals surface area contributed by atoms with Gasteiger partial charge in [-0.05, 0) is 0 Å². The zero-order valence-corrected chi connectivity index (χ0v) is 9.94. The zero-order valence-electron chi connectivity index (χ0n) is 9.13. The van der Waals surface area contributed by atoms with E-state index in [1.54, 1.807) is 5.51 Å². The lowest BCUT2D eigenvalue weighted by molar-refractivity contribution is -0.137. The van der Waals surface area contributed by atoms with E-state index in [4.69, 9.17) is 5.11 Å². The molecular formula is C10H13N3O3S. The van der Waals surface area contributed by atoms with Gasteiger partial charge in [0.15, 0.2) is 0 Å². The maximum Gasteiger partial charge on any atom is 0.323 e. The SMILES string of the molecule is C=CCN(CC(=O)O)C(=O)NCc1cscn1. The highest BCUT2D eigenvalue weighted by Crippen LogP contribution is 2.00. The van der Waals surface area contributed by atoms with Gasteiger partial charge in [0.05, 0.1) is 17.7 Å². The lowest BCUT2D eigenvalue weighted by Crippen LogP contribution is -2.42. The molecule has 2 N–H and O–H groups in total. The molecule has 0 fully saturated rings. The number of carboxylic acid groups (broad SMARTS) is 1. The molecule has 1 aromatic heterocycles. The predicted molar refractivity (Wildman–Crippen MR) is 63.8 cm³/mol. The molecule has 1 rings (SSSR count). The predicted octanol–water partition coefficient (Wildman–Crippen LogP) is 0.925. The van der Waals surface area contributed by atoms with Crippen LogP contribution >= 0.6 is 11.3 Å². The number of aromatic nitrogens is 1. The summed E-state index contributed by atoms with van der Waals surface area (Å²) < 4.78 is 0. The number of nitrogens with zero attached hydrogens (tertiary/aromatic N) is 2. The van der Waals surface area contributed by atoms with Gasteiger partial charge >= 0.3 is 12.0 Å². The van der Waals surface area contributed by atoms with Gasteiger partial charge < -0.3 is 15.3 Å². The first kappa shape index (κ1) is 13.2. The molecule has 2 amide bonds. The van der Waals surface area contributed by atoms with Gasteiger partial charge in [-0.3, -0.25) is 4.79 Å². The van der Waals surface area contributed by atoms with E-state index in [2.05, 4.69) is 16.9 Å². The summed E-state index contributed by atoms with van der Waals surface area (Å²) in [7, 11) is 0. The normalized spacial score (nSPS) is 9.65. The molecule has 0 atom stereocenters. The largest absolute Gasteiger partial charge is 0.480 e. The number of urea groups is 1. The quantitative estimate of drug-likeness (QED) is 0.741. The minimum absolute atomic E-state index is 0.190. The van der Waals surface area contributed by atoms with E-state index < -0.39 is 12.0 Å². The Hall–Kier alpha value is -1.89. The van der Waals surface area contributed by atoms with Crippen LogP contribution in [-0.4, -0.2) is 40.1 Å². The van der Waals surface area contributed by atoms with Gasteiger partial charge in [0, 0.05) is 11.9 Å². The van der Waals surface area contributed by atoms with Crippen molar-refractivity contribution in [3.05, 3.63) is 29.2 Å². The third kappa shape index (κ3) is 4.64. The second-order valence-electron chi connectivity index (χ2n) is 3.20. The van der Waals surface area contributed by atoms with E-state index in [1.807, 2.05) is 5.38 Å². The Bertz CT molecular complexity index is 392. The standard InChI is InChI=1S/C10H13N3O3S/c1-2-3-13(5-9(14)15)10(16)11-4-8-6-17-7-12-8/h2,6-7H,1,3-5H2,(H,11,16)(H,14,15). The van der Waals surface area contributed by atoms with E-state index in [9.17, 15) is 9.59 Å². The number of nitrogens with one attached hydrogen (secondary N) is 1. The monoisotopic (exact) mass is 255 g/mol. The van der Waals surface area contributed by atoms with Crippen molar-refractivity contribution >= 4 is 23.3 Å². The summed E-state index contributed by atoms with van der Waals surface area (Å²) in [6.07, 6.45) is 1.48. The summed E-state index contributed by atoms with van der Waals surface area (Å²) in [4.78, 5) is 27.4. The van der Waals surface area contributed by atoms with Crippen molar-refractivity contribution in [2.45, 2.75) is 6.54 Å². The van der Waals surface area contributed by atoms with E-state index in [-0.39, 0.29) is 19.6 Å². The van der Waals surface area contributed by atoms with Crippen molar-refractivity contribution < 1.29 is 14.7 Å². The van der Waals surface area contributed by atoms with Crippen LogP contribution < -0.4 is 5.32 Å². The molecular weight excluding hydrogens is 242 g/mol. The molecule has 1 heterocycles. The first-order valence-corrected chi connectivity index (χ1v) is 5.80. The number of rotatable bonds is 6. The van der Waals surface area contributed by atoms with Crippen LogP contribution in [0.4, 0.5) is 4.79 Å². The summed E-state index contributed by atoms with van der Waals surface area (Å²) in [5.41, 5.74) is 2.41. The Balaban J connectivity index is 2.46. The molecule has 0 aliphatic rings. The Kier molecular flexibility index (Phi) is 5.15. The number of amides is 2. The molecule has 0 saturated heterocycles. The molecule has 0 aliphatic heterocycles. The van der Waals surface area contributed by atoms with Crippen molar-refractivity contribution in [1.82, 2.24) is 15.2 Å². The molecule has 0 saturated carbocycles. The number of carbonyl (C=O) groups excluding carboxylic acids is 1. The first-order valence-electron chi connectivity index (χ1n) is 4.86. The second kappa shape index (κ2) is 6.64. The Labute approximate surface area is 103 Å². The van der Waals surface area contributed by atoms with Crippen molar-refractivity contribution in [3.63, 3.8) is 0 Å². The van der Waals surface area contributed by atoms with E-state index >= 15 is 0 Å². The average Bonchev–Trinajstić information content (AvgIpc) is 2.77. The summed E-state index contributed by atoms with van der Waals surface area (Å²) >= 11 is 1.43. The lowest BCUT2D eigenvalue weighted by Gasteiger charge is -2.18. The van der Waals surface area contributed by atoms with Gasteiger partial charge in [0.25, 0.3) is 0 Å². The van der Waals surface area contributed by atoms with E-state index in [0.29, 0.717) is 0 Å². The molecule has 0 spiro atoms. The smallest absolute Gasteiger partial charge is 0.323 e. The average molecular weight is 255 g/mol. The number of carboxylic acids is 1. The number of hydrogen-bond acceptors (Lipinski definition) is 4. The van der Waals surface area contributed by atoms with Crippen LogP contribution in [0.3, 0.4) is 0 Å². The Morgan fingerprint density at radius 3 is 2.94 bits per heavy atom. The molecule has 7 heteroatoms. The highest BCUT2D eigenvalue weighted by atomic mass is 32.1. The number of aliphatic carboxylic acids is 1. The molecule has 17 heavy (non-hydrogen) atoms. The third-order valence-corrected chi connectivity index (χ3v) is 2.50. The van der Waals surface area contributed by atoms with E-state index in [1.165, 1.54) is 17.4 Å². The van der Waals surface area contributed by atoms with E-state index in [0.717, 1.165) is 10.6 Å². The maximum atomic E-state index is 11.6.